The fraction of sp³-hybridized carbons (Fsp3) is 0.529. The van der Waals surface area contributed by atoms with Gasteiger partial charge in [0, 0.05) is 13.0 Å². The highest BCUT2D eigenvalue weighted by molar-refractivity contribution is 6.07. The average Bonchev–Trinajstić information content (AvgIpc) is 2.95. The third-order valence-corrected chi connectivity index (χ3v) is 4.03. The minimum Gasteiger partial charge on any atom is -0.359 e. The minimum atomic E-state index is -0.641. The molecule has 0 aliphatic heterocycles. The Morgan fingerprint density at radius 2 is 1.95 bits per heavy atom. The molecule has 0 heterocycles. The summed E-state index contributed by atoms with van der Waals surface area (Å²) in [6.45, 7) is 1.74. The van der Waals surface area contributed by atoms with Gasteiger partial charge >= 0.3 is 0 Å². The first-order valence-corrected chi connectivity index (χ1v) is 7.33. The van der Waals surface area contributed by atoms with Crippen molar-refractivity contribution in [3.8, 4) is 0 Å². The van der Waals surface area contributed by atoms with Crippen LogP contribution in [0.25, 0.3) is 0 Å². The summed E-state index contributed by atoms with van der Waals surface area (Å²) in [5.41, 5.74) is 0.788. The molecule has 0 aromatic heterocycles. The van der Waals surface area contributed by atoms with E-state index in [2.05, 4.69) is 0 Å². The van der Waals surface area contributed by atoms with Crippen molar-refractivity contribution in [3.05, 3.63) is 35.9 Å². The van der Waals surface area contributed by atoms with Crippen molar-refractivity contribution < 1.29 is 19.1 Å². The summed E-state index contributed by atoms with van der Waals surface area (Å²) in [4.78, 5) is 24.6. The van der Waals surface area contributed by atoms with E-state index in [1.165, 1.54) is 6.92 Å². The zero-order valence-electron chi connectivity index (χ0n) is 12.6. The number of rotatable bonds is 7. The van der Waals surface area contributed by atoms with Gasteiger partial charge in [0.25, 0.3) is 0 Å². The third-order valence-electron chi connectivity index (χ3n) is 4.03. The first kappa shape index (κ1) is 15.9. The van der Waals surface area contributed by atoms with Gasteiger partial charge in [-0.3, -0.25) is 9.59 Å². The van der Waals surface area contributed by atoms with Crippen molar-refractivity contribution in [3.63, 3.8) is 0 Å². The van der Waals surface area contributed by atoms with E-state index in [9.17, 15) is 9.59 Å². The Morgan fingerprint density at radius 1 is 1.24 bits per heavy atom. The first-order chi connectivity index (χ1) is 10.1. The summed E-state index contributed by atoms with van der Waals surface area (Å²) in [6, 6.07) is 9.29. The molecule has 0 amide bonds. The molecule has 0 radical (unpaired) electrons. The number of methoxy groups -OCH3 is 1. The van der Waals surface area contributed by atoms with Gasteiger partial charge in [0.15, 0.2) is 5.78 Å². The van der Waals surface area contributed by atoms with Gasteiger partial charge in [-0.2, -0.15) is 0 Å². The molecule has 21 heavy (non-hydrogen) atoms. The van der Waals surface area contributed by atoms with Gasteiger partial charge in [0.1, 0.15) is 18.5 Å². The van der Waals surface area contributed by atoms with Crippen LogP contribution in [0.2, 0.25) is 0 Å². The predicted octanol–water partition coefficient (Wildman–Crippen LogP) is 2.72. The molecule has 1 aromatic rings. The number of hydrogen-bond donors (Lipinski definition) is 0. The lowest BCUT2D eigenvalue weighted by molar-refractivity contribution is -0.131. The van der Waals surface area contributed by atoms with Gasteiger partial charge in [-0.1, -0.05) is 30.3 Å². The van der Waals surface area contributed by atoms with Crippen LogP contribution in [0.5, 0.6) is 0 Å². The van der Waals surface area contributed by atoms with Gasteiger partial charge in [-0.05, 0) is 31.7 Å². The van der Waals surface area contributed by atoms with Crippen LogP contribution >= 0.6 is 0 Å². The molecule has 1 aliphatic rings. The molecule has 2 rings (SSSR count). The van der Waals surface area contributed by atoms with E-state index in [-0.39, 0.29) is 30.4 Å². The molecular formula is C17H22O4. The highest BCUT2D eigenvalue weighted by Crippen LogP contribution is 2.33. The number of benzene rings is 1. The Morgan fingerprint density at radius 3 is 2.57 bits per heavy atom. The fourth-order valence-corrected chi connectivity index (χ4v) is 2.99. The highest BCUT2D eigenvalue weighted by atomic mass is 16.7. The highest BCUT2D eigenvalue weighted by Gasteiger charge is 2.36. The summed E-state index contributed by atoms with van der Waals surface area (Å²) >= 11 is 0. The van der Waals surface area contributed by atoms with Crippen LogP contribution in [-0.4, -0.2) is 31.6 Å². The van der Waals surface area contributed by atoms with E-state index in [4.69, 9.17) is 9.47 Å². The standard InChI is InChI=1S/C17H22O4/c1-12(18)16(13-6-4-3-5-7-13)17(19)14-8-9-15(10-14)21-11-20-2/h3-7,14-16H,8-11H2,1-2H3. The normalized spacial score (nSPS) is 23.0. The van der Waals surface area contributed by atoms with E-state index in [1.807, 2.05) is 30.3 Å². The van der Waals surface area contributed by atoms with Gasteiger partial charge < -0.3 is 9.47 Å². The second kappa shape index (κ2) is 7.48. The van der Waals surface area contributed by atoms with Gasteiger partial charge in [0.2, 0.25) is 0 Å². The second-order valence-electron chi connectivity index (χ2n) is 5.56. The molecule has 0 spiro atoms. The van der Waals surface area contributed by atoms with Gasteiger partial charge in [-0.25, -0.2) is 0 Å². The number of carbonyl (C=O) groups excluding carboxylic acids is 2. The Bertz CT molecular complexity index is 483. The van der Waals surface area contributed by atoms with Crippen molar-refractivity contribution in [2.45, 2.75) is 38.2 Å². The number of ketones is 2. The van der Waals surface area contributed by atoms with Crippen molar-refractivity contribution in [1.29, 1.82) is 0 Å². The Balaban J connectivity index is 2.05. The Hall–Kier alpha value is -1.52. The average molecular weight is 290 g/mol. The van der Waals surface area contributed by atoms with Crippen molar-refractivity contribution in [1.82, 2.24) is 0 Å². The van der Waals surface area contributed by atoms with Crippen LogP contribution < -0.4 is 0 Å². The molecule has 114 valence electrons. The van der Waals surface area contributed by atoms with Crippen LogP contribution in [0.15, 0.2) is 30.3 Å². The van der Waals surface area contributed by atoms with E-state index in [0.717, 1.165) is 18.4 Å². The number of carbonyl (C=O) groups is 2. The van der Waals surface area contributed by atoms with Crippen LogP contribution in [0, 0.1) is 5.92 Å². The van der Waals surface area contributed by atoms with Crippen LogP contribution in [0.1, 0.15) is 37.7 Å². The molecule has 0 N–H and O–H groups in total. The van der Waals surface area contributed by atoms with Crippen molar-refractivity contribution in [2.24, 2.45) is 5.92 Å². The summed E-state index contributed by atoms with van der Waals surface area (Å²) < 4.78 is 10.4. The van der Waals surface area contributed by atoms with E-state index in [1.54, 1.807) is 7.11 Å². The Kier molecular flexibility index (Phi) is 5.65. The number of hydrogen-bond acceptors (Lipinski definition) is 4. The lowest BCUT2D eigenvalue weighted by atomic mass is 9.84. The molecule has 1 fully saturated rings. The van der Waals surface area contributed by atoms with Crippen LogP contribution in [0.4, 0.5) is 0 Å². The second-order valence-corrected chi connectivity index (χ2v) is 5.56. The van der Waals surface area contributed by atoms with Crippen LogP contribution in [-0.2, 0) is 19.1 Å². The maximum absolute atomic E-state index is 12.7. The summed E-state index contributed by atoms with van der Waals surface area (Å²) in [6.07, 6.45) is 2.37. The number of Topliss-reactive ketones (excluding diaryl/α,β-unsaturated/α-hetero) is 2. The molecule has 1 aromatic carbocycles. The van der Waals surface area contributed by atoms with Gasteiger partial charge in [-0.15, -0.1) is 0 Å². The molecule has 3 unspecified atom stereocenters. The van der Waals surface area contributed by atoms with E-state index >= 15 is 0 Å². The number of ether oxygens (including phenoxy) is 2. The fourth-order valence-electron chi connectivity index (χ4n) is 2.99. The van der Waals surface area contributed by atoms with Crippen molar-refractivity contribution >= 4 is 11.6 Å². The maximum atomic E-state index is 12.7. The van der Waals surface area contributed by atoms with E-state index < -0.39 is 5.92 Å². The molecule has 3 atom stereocenters. The third kappa shape index (κ3) is 3.99. The quantitative estimate of drug-likeness (QED) is 0.572. The zero-order valence-corrected chi connectivity index (χ0v) is 12.6. The van der Waals surface area contributed by atoms with Gasteiger partial charge in [0.05, 0.1) is 6.10 Å². The van der Waals surface area contributed by atoms with Crippen LogP contribution in [0.3, 0.4) is 0 Å². The molecule has 4 heteroatoms. The smallest absolute Gasteiger partial charge is 0.150 e. The summed E-state index contributed by atoms with van der Waals surface area (Å²) in [5.74, 6) is -0.803. The summed E-state index contributed by atoms with van der Waals surface area (Å²) in [5, 5.41) is 0. The van der Waals surface area contributed by atoms with Crippen molar-refractivity contribution in [2.75, 3.05) is 13.9 Å². The Labute approximate surface area is 125 Å². The molecule has 1 aliphatic carbocycles. The minimum absolute atomic E-state index is 0.0252. The molecule has 1 saturated carbocycles. The summed E-state index contributed by atoms with van der Waals surface area (Å²) in [7, 11) is 1.58. The lowest BCUT2D eigenvalue weighted by Crippen LogP contribution is -2.26. The molecule has 4 nitrogen and oxygen atoms in total. The maximum Gasteiger partial charge on any atom is 0.150 e. The topological polar surface area (TPSA) is 52.6 Å². The first-order valence-electron chi connectivity index (χ1n) is 7.33. The monoisotopic (exact) mass is 290 g/mol. The lowest BCUT2D eigenvalue weighted by Gasteiger charge is -2.18. The van der Waals surface area contributed by atoms with E-state index in [0.29, 0.717) is 6.42 Å². The largest absolute Gasteiger partial charge is 0.359 e. The SMILES string of the molecule is COCOC1CCC(C(=O)C(C(C)=O)c2ccccc2)C1. The molecule has 0 bridgehead atoms. The molecule has 0 saturated heterocycles. The predicted molar refractivity (Wildman–Crippen MR) is 79.0 cm³/mol. The zero-order chi connectivity index (χ0) is 15.2. The molecular weight excluding hydrogens is 268 g/mol.